The van der Waals surface area contributed by atoms with Crippen LogP contribution in [0.25, 0.3) is 20.5 Å². The number of sulfonamides is 4. The minimum atomic E-state index is -4.31. The number of sulfone groups is 4. The number of methoxy groups -OCH3 is 4. The van der Waals surface area contributed by atoms with Crippen LogP contribution in [0.5, 0.6) is 0 Å². The normalized spacial score (nSPS) is 15.0. The monoisotopic (exact) mass is 1930 g/mol. The van der Waals surface area contributed by atoms with Gasteiger partial charge in [-0.2, -0.15) is 0 Å². The molecule has 640 valence electrons. The lowest BCUT2D eigenvalue weighted by atomic mass is 10.2. The van der Waals surface area contributed by atoms with E-state index in [4.69, 9.17) is 19.7 Å². The maximum absolute atomic E-state index is 13.5. The lowest BCUT2D eigenvalue weighted by Crippen LogP contribution is -2.34. The molecule has 0 aromatic heterocycles. The third-order valence-corrected chi connectivity index (χ3v) is 36.0. The third kappa shape index (κ3) is 18.6. The summed E-state index contributed by atoms with van der Waals surface area (Å²) in [5.74, 6) is -3.63. The summed E-state index contributed by atoms with van der Waals surface area (Å²) in [6.45, 7) is 7.33. The van der Waals surface area contributed by atoms with E-state index >= 15 is 0 Å². The Morgan fingerprint density at radius 2 is 0.525 bits per heavy atom. The topological polar surface area (TPSA) is 432 Å². The van der Waals surface area contributed by atoms with Gasteiger partial charge >= 0.3 is 23.9 Å². The van der Waals surface area contributed by atoms with E-state index in [1.165, 1.54) is 126 Å². The van der Waals surface area contributed by atoms with Crippen LogP contribution in [0, 0.1) is 0 Å². The highest BCUT2D eigenvalue weighted by Gasteiger charge is 2.48. The van der Waals surface area contributed by atoms with Crippen LogP contribution in [0.4, 0.5) is 0 Å². The van der Waals surface area contributed by atoms with E-state index in [2.05, 4.69) is 41.3 Å². The van der Waals surface area contributed by atoms with E-state index < -0.39 is 113 Å². The summed E-state index contributed by atoms with van der Waals surface area (Å²) in [7, 11) is -28.4. The number of ether oxygens (including phenoxy) is 4. The first-order valence-corrected chi connectivity index (χ1v) is 49.8. The highest BCUT2D eigenvalue weighted by Crippen LogP contribution is 2.49. The summed E-state index contributed by atoms with van der Waals surface area (Å²) in [6, 6.07) is 44.7. The van der Waals surface area contributed by atoms with E-state index in [1.807, 2.05) is 27.7 Å². The standard InChI is InChI=1S/C21H23NO7S2.C20H20BrNO6S2.C20H21NO7S2.C19H18BrNO6S2/c1-4-5-14-22(31(26,27)16-12-10-15(11-13-16)21(23)29-3)20-19(28-2)17-8-6-7-9-18(17)30(20,24)25;1-3-4-13-22(19-18(21)16-7-5-6-8-17(16)29(19,24)25)30(26,27)15-11-9-14(10-12-15)20(23)28-2;1-3-4-13-21(30(26,27)15-11-9-14(10-12-15)20(22)23)19-18(28-2)16-7-5-6-8-17(16)29(19,24)25;1-2-3-12-21(29(26,27)14-10-8-13(9-11-14)19(22)23)18-17(20)15-6-4-5-7-16(15)28(18,24)25/h6-13H,4-5,14H2,1-3H3;5-12H,3-4,13H2,1-2H3;5-12H,3-4,13H2,1-2H3,(H,22,23);4-11H,2-3,12H2,1H3,(H,22,23). The summed E-state index contributed by atoms with van der Waals surface area (Å²) in [4.78, 5) is 44.8. The molecule has 4 aliphatic rings. The van der Waals surface area contributed by atoms with Crippen molar-refractivity contribution in [1.82, 2.24) is 17.2 Å². The molecule has 4 aliphatic heterocycles. The van der Waals surface area contributed by atoms with Crippen molar-refractivity contribution in [3.63, 3.8) is 0 Å². The zero-order chi connectivity index (χ0) is 88.4. The number of nitrogens with zero attached hydrogens (tertiary/aromatic N) is 4. The minimum absolute atomic E-state index is 0.000382. The summed E-state index contributed by atoms with van der Waals surface area (Å²) >= 11 is 6.59. The van der Waals surface area contributed by atoms with Crippen molar-refractivity contribution in [3.8, 4) is 0 Å². The molecule has 12 rings (SSSR count). The first-order chi connectivity index (χ1) is 56.6. The van der Waals surface area contributed by atoms with Crippen LogP contribution in [-0.2, 0) is 98.4 Å². The van der Waals surface area contributed by atoms with Gasteiger partial charge in [0.25, 0.3) is 40.1 Å². The molecule has 0 saturated carbocycles. The second kappa shape index (κ2) is 38.4. The van der Waals surface area contributed by atoms with Gasteiger partial charge in [-0.1, -0.05) is 114 Å². The van der Waals surface area contributed by atoms with Crippen molar-refractivity contribution < 1.29 is 116 Å². The van der Waals surface area contributed by atoms with Crippen molar-refractivity contribution >= 4 is 156 Å². The van der Waals surface area contributed by atoms with E-state index in [0.717, 1.165) is 41.5 Å². The lowest BCUT2D eigenvalue weighted by molar-refractivity contribution is 0.0592. The maximum Gasteiger partial charge on any atom is 0.337 e. The molecule has 0 fully saturated rings. The molecule has 0 amide bonds. The summed E-state index contributed by atoms with van der Waals surface area (Å²) in [5.41, 5.74) is 1.67. The van der Waals surface area contributed by atoms with Gasteiger partial charge in [0.2, 0.25) is 39.3 Å². The number of carbonyl (C=O) groups is 4. The number of esters is 2. The molecule has 0 atom stereocenters. The minimum Gasteiger partial charge on any atom is -0.493 e. The number of halogens is 2. The van der Waals surface area contributed by atoms with E-state index in [-0.39, 0.29) is 118 Å². The quantitative estimate of drug-likeness (QED) is 0.0395. The Balaban J connectivity index is 0.000000182. The van der Waals surface area contributed by atoms with Crippen LogP contribution in [0.2, 0.25) is 0 Å². The van der Waals surface area contributed by atoms with Gasteiger partial charge in [-0.05, 0) is 191 Å². The zero-order valence-corrected chi connectivity index (χ0v) is 75.2. The number of carboxylic acids is 2. The number of aromatic carboxylic acids is 2. The van der Waals surface area contributed by atoms with Gasteiger partial charge < -0.3 is 29.2 Å². The second-order valence-electron chi connectivity index (χ2n) is 26.3. The third-order valence-electron chi connectivity index (χ3n) is 18.7. The predicted molar refractivity (Wildman–Crippen MR) is 452 cm³/mol. The van der Waals surface area contributed by atoms with Crippen LogP contribution in [-0.4, -0.2) is 173 Å². The fourth-order valence-electron chi connectivity index (χ4n) is 12.6. The fourth-order valence-corrected chi connectivity index (χ4v) is 30.2. The number of carboxylic acid groups (broad SMARTS) is 2. The Morgan fingerprint density at radius 1 is 0.317 bits per heavy atom. The summed E-state index contributed by atoms with van der Waals surface area (Å²) in [6.07, 6.45) is 4.37. The average molecular weight is 1930 g/mol. The molecule has 8 aromatic rings. The van der Waals surface area contributed by atoms with E-state index in [9.17, 15) is 86.5 Å². The van der Waals surface area contributed by atoms with Crippen molar-refractivity contribution in [1.29, 1.82) is 0 Å². The van der Waals surface area contributed by atoms with Gasteiger partial charge in [0.15, 0.2) is 31.6 Å². The maximum atomic E-state index is 13.5. The van der Waals surface area contributed by atoms with E-state index in [1.54, 1.807) is 72.8 Å². The number of hydrogen-bond acceptors (Lipinski definition) is 24. The Kier molecular flexibility index (Phi) is 30.0. The molecule has 0 saturated heterocycles. The van der Waals surface area contributed by atoms with Gasteiger partial charge in [0, 0.05) is 48.4 Å². The Morgan fingerprint density at radius 3 is 0.742 bits per heavy atom. The Labute approximate surface area is 714 Å². The first kappa shape index (κ1) is 93.8. The second-order valence-corrected chi connectivity index (χ2v) is 42.7. The van der Waals surface area contributed by atoms with Crippen molar-refractivity contribution in [2.45, 2.75) is 118 Å². The van der Waals surface area contributed by atoms with Gasteiger partial charge in [0.1, 0.15) is 0 Å². The average Bonchev–Trinajstić information content (AvgIpc) is 1.56. The molecule has 0 unspecified atom stereocenters. The predicted octanol–water partition coefficient (Wildman–Crippen LogP) is 13.4. The number of unbranched alkanes of at least 4 members (excludes halogenated alkanes) is 4. The van der Waals surface area contributed by atoms with Crippen molar-refractivity contribution in [2.75, 3.05) is 54.6 Å². The molecular weight excluding hydrogens is 1850 g/mol. The van der Waals surface area contributed by atoms with Crippen LogP contribution in [0.15, 0.2) is 253 Å². The summed E-state index contributed by atoms with van der Waals surface area (Å²) in [5, 5.41) is 16.6. The number of benzene rings is 8. The first-order valence-electron chi connectivity index (χ1n) is 36.5. The number of carbonyl (C=O) groups excluding carboxylic acids is 2. The molecule has 0 spiro atoms. The SMILES string of the molecule is CCCCN(C1=C(Br)c2ccccc2S1(=O)=O)S(=O)(=O)c1ccc(C(=O)O)cc1.CCCCN(C1=C(Br)c2ccccc2S1(=O)=O)S(=O)(=O)c1ccc(C(=O)OC)cc1.CCCCN(C1=C(OC)c2ccccc2S1(=O)=O)S(=O)(=O)c1ccc(C(=O)O)cc1.CCCCN(C1=C(OC)c2ccccc2S1(=O)=O)S(=O)(=O)c1ccc(C(=O)OC)cc1. The molecule has 30 nitrogen and oxygen atoms in total. The van der Waals surface area contributed by atoms with Gasteiger partial charge in [0.05, 0.1) is 98.8 Å². The lowest BCUT2D eigenvalue weighted by Gasteiger charge is -2.25. The molecular formula is C80H82Br2N4O26S8. The Bertz CT molecular complexity index is 6430. The van der Waals surface area contributed by atoms with Gasteiger partial charge in [-0.15, -0.1) is 0 Å². The number of fused-ring (bicyclic) bond motifs is 4. The van der Waals surface area contributed by atoms with Crippen LogP contribution in [0.1, 0.15) is 143 Å². The van der Waals surface area contributed by atoms with Crippen LogP contribution >= 0.6 is 31.9 Å². The Hall–Kier alpha value is -10.0. The van der Waals surface area contributed by atoms with Crippen molar-refractivity contribution in [2.24, 2.45) is 0 Å². The molecule has 40 heteroatoms. The smallest absolute Gasteiger partial charge is 0.337 e. The zero-order valence-electron chi connectivity index (χ0n) is 65.5. The van der Waals surface area contributed by atoms with Crippen LogP contribution < -0.4 is 0 Å². The van der Waals surface area contributed by atoms with Gasteiger partial charge in [-0.3, -0.25) is 17.2 Å². The molecule has 0 radical (unpaired) electrons. The molecule has 2 N–H and O–H groups in total. The molecule has 4 heterocycles. The summed E-state index contributed by atoms with van der Waals surface area (Å²) < 4.78 is 237. The fraction of sp³-hybridized carbons (Fsp3) is 0.250. The largest absolute Gasteiger partial charge is 0.493 e. The molecule has 0 aliphatic carbocycles. The van der Waals surface area contributed by atoms with Crippen LogP contribution in [0.3, 0.4) is 0 Å². The highest BCUT2D eigenvalue weighted by molar-refractivity contribution is 9.15. The molecule has 0 bridgehead atoms. The van der Waals surface area contributed by atoms with Gasteiger partial charge in [-0.25, -0.2) is 86.5 Å². The number of rotatable bonds is 30. The number of hydrogen-bond donors (Lipinski definition) is 2. The van der Waals surface area contributed by atoms with E-state index in [0.29, 0.717) is 73.6 Å². The molecule has 120 heavy (non-hydrogen) atoms. The molecule has 8 aromatic carbocycles. The van der Waals surface area contributed by atoms with Crippen molar-refractivity contribution in [3.05, 3.63) is 259 Å². The highest BCUT2D eigenvalue weighted by atomic mass is 79.9.